The van der Waals surface area contributed by atoms with Gasteiger partial charge in [-0.05, 0) is 64.2 Å². The Morgan fingerprint density at radius 3 is 1.27 bits per heavy atom. The summed E-state index contributed by atoms with van der Waals surface area (Å²) in [7, 11) is 0. The molecule has 0 bridgehead atoms. The van der Waals surface area contributed by atoms with Gasteiger partial charge < -0.3 is 39.4 Å². The summed E-state index contributed by atoms with van der Waals surface area (Å²) in [6, 6.07) is 0. The maximum Gasteiger partial charge on any atom is 0.306 e. The molecule has 0 radical (unpaired) electrons. The zero-order valence-corrected chi connectivity index (χ0v) is 41.8. The first kappa shape index (κ1) is 60.7. The lowest BCUT2D eigenvalue weighted by Gasteiger charge is -2.39. The van der Waals surface area contributed by atoms with E-state index in [9.17, 15) is 25.2 Å². The molecule has 1 aliphatic heterocycles. The number of allylic oxidation sites excluding steroid dienone is 4. The van der Waals surface area contributed by atoms with Crippen LogP contribution in [0.4, 0.5) is 0 Å². The molecule has 0 amide bonds. The summed E-state index contributed by atoms with van der Waals surface area (Å²) in [6.45, 7) is 4.59. The average Bonchev–Trinajstić information content (AvgIpc) is 3.30. The molecule has 6 unspecified atom stereocenters. The number of esters is 1. The molecule has 1 heterocycles. The zero-order valence-electron chi connectivity index (χ0n) is 41.8. The quantitative estimate of drug-likeness (QED) is 0.0267. The molecule has 378 valence electrons. The summed E-state index contributed by atoms with van der Waals surface area (Å²) in [5.41, 5.74) is 0. The second-order valence-corrected chi connectivity index (χ2v) is 19.0. The van der Waals surface area contributed by atoms with Gasteiger partial charge in [-0.15, -0.1) is 0 Å². The van der Waals surface area contributed by atoms with Crippen LogP contribution < -0.4 is 0 Å². The third-order valence-corrected chi connectivity index (χ3v) is 12.8. The van der Waals surface area contributed by atoms with E-state index in [4.69, 9.17) is 18.9 Å². The van der Waals surface area contributed by atoms with E-state index in [1.807, 2.05) is 0 Å². The molecule has 1 aliphatic rings. The molecule has 4 N–H and O–H groups in total. The average molecular weight is 909 g/mol. The molecule has 0 spiro atoms. The normalized spacial score (nSPS) is 19.6. The third-order valence-electron chi connectivity index (χ3n) is 12.8. The van der Waals surface area contributed by atoms with Crippen molar-refractivity contribution < 1.29 is 44.2 Å². The lowest BCUT2D eigenvalue weighted by molar-refractivity contribution is -0.305. The molecule has 1 rings (SSSR count). The van der Waals surface area contributed by atoms with Gasteiger partial charge in [-0.25, -0.2) is 0 Å². The smallest absolute Gasteiger partial charge is 0.306 e. The monoisotopic (exact) mass is 909 g/mol. The Hall–Kier alpha value is -1.33. The molecule has 0 aromatic heterocycles. The number of carbonyl (C=O) groups excluding carboxylic acids is 1. The number of unbranched alkanes of at least 4 members (excludes halogenated alkanes) is 33. The van der Waals surface area contributed by atoms with Gasteiger partial charge >= 0.3 is 5.97 Å². The SMILES string of the molecule is CCCCCCCC/C=C\CCCCCCCCCCOCC(COC1OC(CO)C(O)C(O)C1O)OC(=O)CCCCCCCCCCCCC/C=C\CCCCCCCCCC. The van der Waals surface area contributed by atoms with Crippen molar-refractivity contribution in [1.82, 2.24) is 0 Å². The van der Waals surface area contributed by atoms with E-state index in [1.165, 1.54) is 205 Å². The van der Waals surface area contributed by atoms with E-state index < -0.39 is 43.4 Å². The van der Waals surface area contributed by atoms with Gasteiger partial charge in [0.2, 0.25) is 0 Å². The third kappa shape index (κ3) is 36.7. The van der Waals surface area contributed by atoms with Crippen LogP contribution in [0, 0.1) is 0 Å². The minimum atomic E-state index is -1.54. The maximum absolute atomic E-state index is 12.9. The van der Waals surface area contributed by atoms with Gasteiger partial charge in [0.05, 0.1) is 19.8 Å². The molecule has 0 saturated carbocycles. The van der Waals surface area contributed by atoms with Crippen LogP contribution in [0.25, 0.3) is 0 Å². The van der Waals surface area contributed by atoms with Gasteiger partial charge in [-0.1, -0.05) is 212 Å². The fraction of sp³-hybridized carbons (Fsp3) is 0.909. The number of rotatable bonds is 48. The Morgan fingerprint density at radius 1 is 0.484 bits per heavy atom. The molecule has 0 aromatic carbocycles. The fourth-order valence-corrected chi connectivity index (χ4v) is 8.54. The summed E-state index contributed by atoms with van der Waals surface area (Å²) in [5.74, 6) is -0.311. The highest BCUT2D eigenvalue weighted by molar-refractivity contribution is 5.69. The van der Waals surface area contributed by atoms with Crippen LogP contribution >= 0.6 is 0 Å². The van der Waals surface area contributed by atoms with Crippen LogP contribution in [0.2, 0.25) is 0 Å². The van der Waals surface area contributed by atoms with E-state index in [1.54, 1.807) is 0 Å². The predicted octanol–water partition coefficient (Wildman–Crippen LogP) is 13.7. The summed E-state index contributed by atoms with van der Waals surface area (Å²) in [6.07, 6.45) is 49.3. The van der Waals surface area contributed by atoms with E-state index >= 15 is 0 Å². The zero-order chi connectivity index (χ0) is 46.4. The van der Waals surface area contributed by atoms with Crippen molar-refractivity contribution in [3.8, 4) is 0 Å². The number of hydrogen-bond acceptors (Lipinski definition) is 9. The van der Waals surface area contributed by atoms with Gasteiger partial charge in [-0.3, -0.25) is 4.79 Å². The van der Waals surface area contributed by atoms with E-state index in [2.05, 4.69) is 38.2 Å². The fourth-order valence-electron chi connectivity index (χ4n) is 8.54. The van der Waals surface area contributed by atoms with Gasteiger partial charge in [0.25, 0.3) is 0 Å². The lowest BCUT2D eigenvalue weighted by atomic mass is 9.99. The second-order valence-electron chi connectivity index (χ2n) is 19.0. The number of ether oxygens (including phenoxy) is 4. The molecule has 0 aliphatic carbocycles. The van der Waals surface area contributed by atoms with Crippen molar-refractivity contribution in [2.45, 2.75) is 295 Å². The Kier molecular flexibility index (Phi) is 44.3. The van der Waals surface area contributed by atoms with Crippen LogP contribution in [0.3, 0.4) is 0 Å². The maximum atomic E-state index is 12.9. The lowest BCUT2D eigenvalue weighted by Crippen LogP contribution is -2.59. The van der Waals surface area contributed by atoms with Crippen LogP contribution in [0.5, 0.6) is 0 Å². The molecule has 1 saturated heterocycles. The Labute approximate surface area is 394 Å². The van der Waals surface area contributed by atoms with E-state index in [0.717, 1.165) is 32.1 Å². The Morgan fingerprint density at radius 2 is 0.859 bits per heavy atom. The van der Waals surface area contributed by atoms with Crippen molar-refractivity contribution in [2.75, 3.05) is 26.4 Å². The molecule has 6 atom stereocenters. The first-order chi connectivity index (χ1) is 31.4. The highest BCUT2D eigenvalue weighted by Gasteiger charge is 2.44. The first-order valence-electron chi connectivity index (χ1n) is 27.4. The van der Waals surface area contributed by atoms with Crippen LogP contribution in [-0.2, 0) is 23.7 Å². The molecule has 9 nitrogen and oxygen atoms in total. The summed E-state index contributed by atoms with van der Waals surface area (Å²) < 4.78 is 22.9. The largest absolute Gasteiger partial charge is 0.457 e. The van der Waals surface area contributed by atoms with Crippen LogP contribution in [0.1, 0.15) is 258 Å². The number of hydrogen-bond donors (Lipinski definition) is 4. The first-order valence-corrected chi connectivity index (χ1v) is 27.4. The van der Waals surface area contributed by atoms with E-state index in [-0.39, 0.29) is 19.2 Å². The summed E-state index contributed by atoms with van der Waals surface area (Å²) >= 11 is 0. The second kappa shape index (κ2) is 46.8. The number of carbonyl (C=O) groups is 1. The molecular weight excluding hydrogens is 805 g/mol. The number of aliphatic hydroxyl groups is 4. The van der Waals surface area contributed by atoms with Crippen molar-refractivity contribution in [2.24, 2.45) is 0 Å². The number of aliphatic hydroxyl groups excluding tert-OH is 4. The highest BCUT2D eigenvalue weighted by Crippen LogP contribution is 2.23. The molecule has 64 heavy (non-hydrogen) atoms. The van der Waals surface area contributed by atoms with Crippen molar-refractivity contribution in [1.29, 1.82) is 0 Å². The highest BCUT2D eigenvalue weighted by atomic mass is 16.7. The molecule has 9 heteroatoms. The summed E-state index contributed by atoms with van der Waals surface area (Å²) in [5, 5.41) is 40.3. The van der Waals surface area contributed by atoms with Crippen molar-refractivity contribution in [3.63, 3.8) is 0 Å². The van der Waals surface area contributed by atoms with Gasteiger partial charge in [-0.2, -0.15) is 0 Å². The van der Waals surface area contributed by atoms with Gasteiger partial charge in [0, 0.05) is 13.0 Å². The predicted molar refractivity (Wildman–Crippen MR) is 265 cm³/mol. The van der Waals surface area contributed by atoms with E-state index in [0.29, 0.717) is 13.0 Å². The molecule has 0 aromatic rings. The standard InChI is InChI=1S/C55H104O9/c1-3-5-7-9-11-13-15-17-19-21-23-24-25-26-27-28-30-32-34-36-38-40-42-44-51(57)63-49(48-62-55-54(60)53(59)52(58)50(46-56)64-55)47-61-45-43-41-39-37-35-33-31-29-22-20-18-16-14-12-10-8-6-4-2/h18,20-21,23,49-50,52-56,58-60H,3-17,19,22,24-48H2,1-2H3/b20-18-,23-21-. The Bertz CT molecular complexity index is 1040. The van der Waals surface area contributed by atoms with Crippen molar-refractivity contribution in [3.05, 3.63) is 24.3 Å². The minimum Gasteiger partial charge on any atom is -0.457 e. The topological polar surface area (TPSA) is 135 Å². The van der Waals surface area contributed by atoms with Gasteiger partial charge in [0.1, 0.15) is 30.5 Å². The van der Waals surface area contributed by atoms with Crippen LogP contribution in [0.15, 0.2) is 24.3 Å². The van der Waals surface area contributed by atoms with Crippen molar-refractivity contribution >= 4 is 5.97 Å². The van der Waals surface area contributed by atoms with Gasteiger partial charge in [0.15, 0.2) is 6.29 Å². The molecular formula is C55H104O9. The minimum absolute atomic E-state index is 0.111. The summed E-state index contributed by atoms with van der Waals surface area (Å²) in [4.78, 5) is 12.9. The Balaban J connectivity index is 2.17. The molecule has 1 fully saturated rings. The van der Waals surface area contributed by atoms with Crippen LogP contribution in [-0.4, -0.2) is 89.6 Å².